The van der Waals surface area contributed by atoms with Crippen molar-refractivity contribution in [3.8, 4) is 11.5 Å². The van der Waals surface area contributed by atoms with E-state index >= 15 is 0 Å². The van der Waals surface area contributed by atoms with Crippen molar-refractivity contribution < 1.29 is 14.3 Å². The van der Waals surface area contributed by atoms with Crippen molar-refractivity contribution in [3.05, 3.63) is 24.0 Å². The first-order chi connectivity index (χ1) is 11.5. The van der Waals surface area contributed by atoms with Crippen LogP contribution >= 0.6 is 11.5 Å². The number of aryl methyl sites for hydroxylation is 1. The lowest BCUT2D eigenvalue weighted by atomic mass is 10.2. The predicted octanol–water partition coefficient (Wildman–Crippen LogP) is 2.11. The van der Waals surface area contributed by atoms with Crippen LogP contribution in [0.1, 0.15) is 12.2 Å². The summed E-state index contributed by atoms with van der Waals surface area (Å²) in [6, 6.07) is 5.24. The molecule has 1 aromatic carbocycles. The number of carbonyl (C=O) groups is 1. The number of carbonyl (C=O) groups excluding carboxylic acids is 1. The summed E-state index contributed by atoms with van der Waals surface area (Å²) < 4.78 is 14.8. The summed E-state index contributed by atoms with van der Waals surface area (Å²) in [5.41, 5.74) is 0.778. The van der Waals surface area contributed by atoms with Gasteiger partial charge in [0.05, 0.1) is 19.9 Å². The van der Waals surface area contributed by atoms with Crippen molar-refractivity contribution in [2.75, 3.05) is 37.6 Å². The molecule has 0 bridgehead atoms. The van der Waals surface area contributed by atoms with E-state index in [0.29, 0.717) is 18.0 Å². The van der Waals surface area contributed by atoms with E-state index in [1.807, 2.05) is 31.0 Å². The van der Waals surface area contributed by atoms with Gasteiger partial charge in [0.15, 0.2) is 0 Å². The Morgan fingerprint density at radius 2 is 1.92 bits per heavy atom. The molecular formula is C16H20N4O3S. The summed E-state index contributed by atoms with van der Waals surface area (Å²) in [5, 5.41) is 0.760. The number of anilines is 2. The molecule has 1 aliphatic rings. The molecular weight excluding hydrogens is 328 g/mol. The molecule has 1 aliphatic heterocycles. The molecule has 3 rings (SSSR count). The van der Waals surface area contributed by atoms with Gasteiger partial charge in [0.25, 0.3) is 0 Å². The topological polar surface area (TPSA) is 67.8 Å². The first-order valence-corrected chi connectivity index (χ1v) is 8.38. The van der Waals surface area contributed by atoms with E-state index < -0.39 is 0 Å². The van der Waals surface area contributed by atoms with Gasteiger partial charge in [-0.3, -0.25) is 4.79 Å². The van der Waals surface area contributed by atoms with Gasteiger partial charge >= 0.3 is 0 Å². The molecule has 1 aromatic heterocycles. The Bertz CT molecular complexity index is 726. The molecule has 0 aliphatic carbocycles. The van der Waals surface area contributed by atoms with Gasteiger partial charge in [-0.25, -0.2) is 4.98 Å². The normalized spacial score (nSPS) is 17.2. The number of ether oxygens (including phenoxy) is 2. The van der Waals surface area contributed by atoms with Crippen molar-refractivity contribution >= 4 is 28.3 Å². The summed E-state index contributed by atoms with van der Waals surface area (Å²) in [5.74, 6) is 2.09. The monoisotopic (exact) mass is 348 g/mol. The molecule has 128 valence electrons. The minimum absolute atomic E-state index is 0.0423. The molecule has 1 fully saturated rings. The van der Waals surface area contributed by atoms with E-state index in [0.717, 1.165) is 23.1 Å². The highest BCUT2D eigenvalue weighted by Gasteiger charge is 2.36. The molecule has 0 spiro atoms. The van der Waals surface area contributed by atoms with Gasteiger partial charge < -0.3 is 19.3 Å². The minimum atomic E-state index is -0.241. The Kier molecular flexibility index (Phi) is 4.57. The number of hydrogen-bond donors (Lipinski definition) is 0. The van der Waals surface area contributed by atoms with Crippen LogP contribution in [0.3, 0.4) is 0 Å². The molecule has 24 heavy (non-hydrogen) atoms. The number of hydrogen-bond acceptors (Lipinski definition) is 7. The zero-order valence-corrected chi connectivity index (χ0v) is 15.0. The van der Waals surface area contributed by atoms with E-state index in [2.05, 4.69) is 9.36 Å². The predicted molar refractivity (Wildman–Crippen MR) is 93.4 cm³/mol. The molecule has 8 heteroatoms. The quantitative estimate of drug-likeness (QED) is 0.824. The maximum Gasteiger partial charge on any atom is 0.249 e. The zero-order valence-electron chi connectivity index (χ0n) is 14.1. The molecule has 1 atom stereocenters. The van der Waals surface area contributed by atoms with Crippen LogP contribution in [0, 0.1) is 6.92 Å². The Balaban J connectivity index is 1.83. The first-order valence-electron chi connectivity index (χ1n) is 7.61. The number of benzene rings is 1. The maximum absolute atomic E-state index is 12.9. The summed E-state index contributed by atoms with van der Waals surface area (Å²) in [6.45, 7) is 2.49. The van der Waals surface area contributed by atoms with Crippen LogP contribution in [-0.2, 0) is 4.79 Å². The summed E-state index contributed by atoms with van der Waals surface area (Å²) in [7, 11) is 5.08. The fourth-order valence-electron chi connectivity index (χ4n) is 2.79. The average Bonchev–Trinajstić information content (AvgIpc) is 3.19. The molecule has 2 heterocycles. The Morgan fingerprint density at radius 3 is 2.46 bits per heavy atom. The number of likely N-dealkylation sites (N-methyl/N-ethyl adjacent to an activating group) is 1. The lowest BCUT2D eigenvalue weighted by Crippen LogP contribution is -2.39. The Labute approximate surface area is 145 Å². The first kappa shape index (κ1) is 16.5. The number of amides is 1. The molecule has 1 amide bonds. The molecule has 7 nitrogen and oxygen atoms in total. The maximum atomic E-state index is 12.9. The van der Waals surface area contributed by atoms with Crippen LogP contribution in [0.2, 0.25) is 0 Å². The fourth-order valence-corrected chi connectivity index (χ4v) is 3.48. The average molecular weight is 348 g/mol. The summed E-state index contributed by atoms with van der Waals surface area (Å²) in [4.78, 5) is 20.9. The van der Waals surface area contributed by atoms with Crippen molar-refractivity contribution in [1.29, 1.82) is 0 Å². The lowest BCUT2D eigenvalue weighted by molar-refractivity contribution is -0.118. The zero-order chi connectivity index (χ0) is 17.3. The van der Waals surface area contributed by atoms with Gasteiger partial charge in [-0.1, -0.05) is 0 Å². The van der Waals surface area contributed by atoms with Gasteiger partial charge in [0.1, 0.15) is 23.4 Å². The van der Waals surface area contributed by atoms with Crippen molar-refractivity contribution in [2.24, 2.45) is 0 Å². The second-order valence-electron chi connectivity index (χ2n) is 5.60. The van der Waals surface area contributed by atoms with E-state index in [9.17, 15) is 4.79 Å². The van der Waals surface area contributed by atoms with E-state index in [1.165, 1.54) is 11.5 Å². The smallest absolute Gasteiger partial charge is 0.249 e. The van der Waals surface area contributed by atoms with Crippen molar-refractivity contribution in [3.63, 3.8) is 0 Å². The minimum Gasteiger partial charge on any atom is -0.497 e. The second-order valence-corrected chi connectivity index (χ2v) is 6.33. The summed E-state index contributed by atoms with van der Waals surface area (Å²) in [6.07, 6.45) is 0.730. The second kappa shape index (κ2) is 6.64. The lowest BCUT2D eigenvalue weighted by Gasteiger charge is -2.23. The highest BCUT2D eigenvalue weighted by Crippen LogP contribution is 2.32. The van der Waals surface area contributed by atoms with Gasteiger partial charge in [-0.2, -0.15) is 4.37 Å². The molecule has 2 aromatic rings. The van der Waals surface area contributed by atoms with Crippen LogP contribution in [0.5, 0.6) is 11.5 Å². The number of nitrogens with zero attached hydrogens (tertiary/aromatic N) is 4. The molecule has 0 N–H and O–H groups in total. The van der Waals surface area contributed by atoms with Crippen molar-refractivity contribution in [2.45, 2.75) is 19.4 Å². The fraction of sp³-hybridized carbons (Fsp3) is 0.438. The van der Waals surface area contributed by atoms with Gasteiger partial charge in [-0.05, 0) is 13.3 Å². The van der Waals surface area contributed by atoms with Crippen LogP contribution in [0.4, 0.5) is 10.8 Å². The summed E-state index contributed by atoms with van der Waals surface area (Å²) >= 11 is 1.31. The highest BCUT2D eigenvalue weighted by atomic mass is 32.1. The van der Waals surface area contributed by atoms with Crippen LogP contribution in [0.15, 0.2) is 18.2 Å². The van der Waals surface area contributed by atoms with Crippen LogP contribution in [-0.4, -0.2) is 49.1 Å². The Morgan fingerprint density at radius 1 is 1.25 bits per heavy atom. The Hall–Kier alpha value is -2.35. The molecule has 1 saturated heterocycles. The number of rotatable bonds is 5. The molecule has 0 radical (unpaired) electrons. The third kappa shape index (κ3) is 3.01. The molecule has 0 unspecified atom stereocenters. The third-order valence-corrected chi connectivity index (χ3v) is 5.01. The number of methoxy groups -OCH3 is 2. The van der Waals surface area contributed by atoms with Crippen molar-refractivity contribution in [1.82, 2.24) is 9.36 Å². The van der Waals surface area contributed by atoms with Gasteiger partial charge in [0.2, 0.25) is 11.0 Å². The van der Waals surface area contributed by atoms with Gasteiger partial charge in [-0.15, -0.1) is 0 Å². The standard InChI is InChI=1S/C16H20N4O3S/c1-10-17-16(24-18-10)19(2)14-5-6-20(15(14)21)11-7-12(22-3)9-13(8-11)23-4/h7-9,14H,5-6H2,1-4H3/t14-/m0/s1. The third-order valence-electron chi connectivity index (χ3n) is 4.11. The van der Waals surface area contributed by atoms with Gasteiger partial charge in [0, 0.05) is 43.3 Å². The highest BCUT2D eigenvalue weighted by molar-refractivity contribution is 7.09. The molecule has 0 saturated carbocycles. The number of aromatic nitrogens is 2. The SMILES string of the molecule is COc1cc(OC)cc(N2CC[C@H](N(C)c3nc(C)ns3)C2=O)c1. The largest absolute Gasteiger partial charge is 0.497 e. The van der Waals surface area contributed by atoms with Crippen LogP contribution in [0.25, 0.3) is 0 Å². The van der Waals surface area contributed by atoms with E-state index in [-0.39, 0.29) is 11.9 Å². The van der Waals surface area contributed by atoms with E-state index in [4.69, 9.17) is 9.47 Å². The van der Waals surface area contributed by atoms with E-state index in [1.54, 1.807) is 25.2 Å². The van der Waals surface area contributed by atoms with Crippen LogP contribution < -0.4 is 19.3 Å².